The number of carbonyl (C=O) groups is 2. The molecular weight excluding hydrogens is 298 g/mol. The fraction of sp³-hybridized carbons (Fsp3) is 0.294. The molecule has 0 saturated heterocycles. The van der Waals surface area contributed by atoms with Crippen LogP contribution in [-0.2, 0) is 12.8 Å². The van der Waals surface area contributed by atoms with E-state index in [-0.39, 0.29) is 11.3 Å². The molecule has 6 heteroatoms. The molecule has 0 unspecified atom stereocenters. The molecule has 0 fully saturated rings. The lowest BCUT2D eigenvalue weighted by molar-refractivity contribution is 0.0694. The van der Waals surface area contributed by atoms with E-state index in [1.54, 1.807) is 14.0 Å². The molecule has 23 heavy (non-hydrogen) atoms. The molecule has 0 saturated carbocycles. The van der Waals surface area contributed by atoms with E-state index in [2.05, 4.69) is 5.32 Å². The van der Waals surface area contributed by atoms with E-state index in [4.69, 9.17) is 14.3 Å². The van der Waals surface area contributed by atoms with Gasteiger partial charge in [0.05, 0.1) is 7.11 Å². The maximum absolute atomic E-state index is 12.0. The summed E-state index contributed by atoms with van der Waals surface area (Å²) in [6.45, 7) is 2.19. The first-order chi connectivity index (χ1) is 11.0. The average molecular weight is 317 g/mol. The minimum atomic E-state index is -1.10. The summed E-state index contributed by atoms with van der Waals surface area (Å²) in [5.41, 5.74) is 1.06. The van der Waals surface area contributed by atoms with Crippen molar-refractivity contribution in [2.75, 3.05) is 13.7 Å². The van der Waals surface area contributed by atoms with Crippen molar-refractivity contribution in [2.45, 2.75) is 19.8 Å². The Balaban J connectivity index is 1.95. The first-order valence-electron chi connectivity index (χ1n) is 7.32. The molecular formula is C17H19NO5. The molecule has 0 aliphatic rings. The number of carbonyl (C=O) groups excluding carboxylic acids is 1. The van der Waals surface area contributed by atoms with E-state index in [1.807, 2.05) is 24.3 Å². The minimum absolute atomic E-state index is 0.0184. The van der Waals surface area contributed by atoms with Gasteiger partial charge >= 0.3 is 5.97 Å². The van der Waals surface area contributed by atoms with Gasteiger partial charge in [0.25, 0.3) is 5.91 Å². The highest BCUT2D eigenvalue weighted by Gasteiger charge is 2.19. The second-order valence-corrected chi connectivity index (χ2v) is 4.96. The summed E-state index contributed by atoms with van der Waals surface area (Å²) < 4.78 is 10.5. The van der Waals surface area contributed by atoms with Gasteiger partial charge in [0, 0.05) is 19.0 Å². The third-order valence-electron chi connectivity index (χ3n) is 3.42. The zero-order valence-electron chi connectivity index (χ0n) is 13.1. The molecule has 1 heterocycles. The van der Waals surface area contributed by atoms with Gasteiger partial charge in [-0.05, 0) is 24.1 Å². The molecule has 1 aromatic heterocycles. The van der Waals surface area contributed by atoms with Crippen molar-refractivity contribution in [1.82, 2.24) is 5.32 Å². The summed E-state index contributed by atoms with van der Waals surface area (Å²) in [7, 11) is 1.60. The van der Waals surface area contributed by atoms with Crippen LogP contribution in [0.25, 0.3) is 0 Å². The van der Waals surface area contributed by atoms with Crippen LogP contribution >= 0.6 is 0 Å². The van der Waals surface area contributed by atoms with E-state index >= 15 is 0 Å². The van der Waals surface area contributed by atoms with Gasteiger partial charge in [-0.25, -0.2) is 4.79 Å². The molecule has 122 valence electrons. The van der Waals surface area contributed by atoms with Gasteiger partial charge < -0.3 is 19.6 Å². The molecule has 0 spiro atoms. The number of rotatable bonds is 7. The van der Waals surface area contributed by atoms with E-state index < -0.39 is 11.9 Å². The topological polar surface area (TPSA) is 88.8 Å². The Morgan fingerprint density at radius 2 is 2.09 bits per heavy atom. The van der Waals surface area contributed by atoms with Crippen molar-refractivity contribution in [3.8, 4) is 5.75 Å². The van der Waals surface area contributed by atoms with Crippen LogP contribution in [-0.4, -0.2) is 30.6 Å². The van der Waals surface area contributed by atoms with Crippen LogP contribution in [0.2, 0.25) is 0 Å². The van der Waals surface area contributed by atoms with E-state index in [0.717, 1.165) is 11.3 Å². The number of hydrogen-bond donors (Lipinski definition) is 2. The van der Waals surface area contributed by atoms with Crippen LogP contribution in [0.1, 0.15) is 39.2 Å². The van der Waals surface area contributed by atoms with Gasteiger partial charge in [-0.3, -0.25) is 4.79 Å². The van der Waals surface area contributed by atoms with E-state index in [1.165, 1.54) is 6.07 Å². The van der Waals surface area contributed by atoms with Crippen LogP contribution in [0.15, 0.2) is 34.7 Å². The number of nitrogens with one attached hydrogen (secondary N) is 1. The molecule has 1 aromatic carbocycles. The van der Waals surface area contributed by atoms with E-state index in [9.17, 15) is 9.59 Å². The van der Waals surface area contributed by atoms with Gasteiger partial charge in [-0.15, -0.1) is 0 Å². The van der Waals surface area contributed by atoms with Gasteiger partial charge in [-0.1, -0.05) is 19.1 Å². The zero-order valence-corrected chi connectivity index (χ0v) is 13.1. The third kappa shape index (κ3) is 4.12. The van der Waals surface area contributed by atoms with Crippen molar-refractivity contribution in [2.24, 2.45) is 0 Å². The minimum Gasteiger partial charge on any atom is -0.497 e. The molecule has 2 rings (SSSR count). The van der Waals surface area contributed by atoms with Crippen molar-refractivity contribution in [3.63, 3.8) is 0 Å². The number of aryl methyl sites for hydroxylation is 1. The van der Waals surface area contributed by atoms with Gasteiger partial charge in [0.2, 0.25) is 0 Å². The third-order valence-corrected chi connectivity index (χ3v) is 3.42. The lowest BCUT2D eigenvalue weighted by Crippen LogP contribution is -2.25. The molecule has 2 N–H and O–H groups in total. The predicted molar refractivity (Wildman–Crippen MR) is 84.1 cm³/mol. The number of benzene rings is 1. The Morgan fingerprint density at radius 3 is 2.70 bits per heavy atom. The van der Waals surface area contributed by atoms with Crippen LogP contribution in [0.5, 0.6) is 5.75 Å². The molecule has 0 bridgehead atoms. The highest BCUT2D eigenvalue weighted by molar-refractivity contribution is 5.96. The number of carboxylic acid groups (broad SMARTS) is 1. The molecule has 6 nitrogen and oxygen atoms in total. The summed E-state index contributed by atoms with van der Waals surface area (Å²) >= 11 is 0. The number of methoxy groups -OCH3 is 1. The van der Waals surface area contributed by atoms with Crippen LogP contribution in [0, 0.1) is 0 Å². The van der Waals surface area contributed by atoms with Crippen molar-refractivity contribution in [1.29, 1.82) is 0 Å². The molecule has 0 aliphatic heterocycles. The van der Waals surface area contributed by atoms with Crippen molar-refractivity contribution < 1.29 is 23.8 Å². The maximum Gasteiger partial charge on any atom is 0.339 e. The standard InChI is InChI=1S/C17H19NO5/c1-3-14-13(17(20)21)10-15(23-14)16(19)18-8-7-11-5-4-6-12(9-11)22-2/h4-6,9-10H,3,7-8H2,1-2H3,(H,18,19)(H,20,21). The molecule has 0 aliphatic carbocycles. The zero-order chi connectivity index (χ0) is 16.8. The van der Waals surface area contributed by atoms with E-state index in [0.29, 0.717) is 25.1 Å². The quantitative estimate of drug-likeness (QED) is 0.819. The highest BCUT2D eigenvalue weighted by Crippen LogP contribution is 2.16. The largest absolute Gasteiger partial charge is 0.497 e. The van der Waals surface area contributed by atoms with Crippen LogP contribution in [0.4, 0.5) is 0 Å². The fourth-order valence-electron chi connectivity index (χ4n) is 2.22. The molecule has 0 radical (unpaired) electrons. The Bertz CT molecular complexity index is 705. The second-order valence-electron chi connectivity index (χ2n) is 4.96. The smallest absolute Gasteiger partial charge is 0.339 e. The SMILES string of the molecule is CCc1oc(C(=O)NCCc2cccc(OC)c2)cc1C(=O)O. The first kappa shape index (κ1) is 16.6. The Hall–Kier alpha value is -2.76. The number of ether oxygens (including phenoxy) is 1. The number of aromatic carboxylic acids is 1. The summed E-state index contributed by atoms with van der Waals surface area (Å²) in [6.07, 6.45) is 1.05. The average Bonchev–Trinajstić information content (AvgIpc) is 2.99. The monoisotopic (exact) mass is 317 g/mol. The first-order valence-corrected chi connectivity index (χ1v) is 7.32. The Labute approximate surface area is 134 Å². The van der Waals surface area contributed by atoms with Crippen molar-refractivity contribution >= 4 is 11.9 Å². The van der Waals surface area contributed by atoms with Gasteiger partial charge in [0.1, 0.15) is 17.1 Å². The fourth-order valence-corrected chi connectivity index (χ4v) is 2.22. The lowest BCUT2D eigenvalue weighted by Gasteiger charge is -2.05. The maximum atomic E-state index is 12.0. The molecule has 2 aromatic rings. The van der Waals surface area contributed by atoms with Crippen LogP contribution < -0.4 is 10.1 Å². The summed E-state index contributed by atoms with van der Waals surface area (Å²) in [4.78, 5) is 23.1. The second kappa shape index (κ2) is 7.49. The number of furan rings is 1. The normalized spacial score (nSPS) is 10.3. The van der Waals surface area contributed by atoms with Crippen LogP contribution in [0.3, 0.4) is 0 Å². The summed E-state index contributed by atoms with van der Waals surface area (Å²) in [5.74, 6) is -0.435. The number of amides is 1. The van der Waals surface area contributed by atoms with Gasteiger partial charge in [0.15, 0.2) is 5.76 Å². The lowest BCUT2D eigenvalue weighted by atomic mass is 10.1. The molecule has 0 atom stereocenters. The number of hydrogen-bond acceptors (Lipinski definition) is 4. The summed E-state index contributed by atoms with van der Waals surface area (Å²) in [6, 6.07) is 8.85. The predicted octanol–water partition coefficient (Wildman–Crippen LogP) is 2.52. The molecule has 1 amide bonds. The van der Waals surface area contributed by atoms with Gasteiger partial charge in [-0.2, -0.15) is 0 Å². The Kier molecular flexibility index (Phi) is 5.41. The summed E-state index contributed by atoms with van der Waals surface area (Å²) in [5, 5.41) is 11.8. The Morgan fingerprint density at radius 1 is 1.30 bits per heavy atom. The highest BCUT2D eigenvalue weighted by atomic mass is 16.5. The van der Waals surface area contributed by atoms with Crippen molar-refractivity contribution in [3.05, 3.63) is 53.0 Å². The number of carboxylic acids is 1.